The van der Waals surface area contributed by atoms with Gasteiger partial charge in [-0.25, -0.2) is 9.98 Å². The summed E-state index contributed by atoms with van der Waals surface area (Å²) in [5.41, 5.74) is 4.26. The third-order valence-electron chi connectivity index (χ3n) is 4.83. The minimum Gasteiger partial charge on any atom is -0.473 e. The van der Waals surface area contributed by atoms with E-state index in [9.17, 15) is 0 Å². The fraction of sp³-hybridized carbons (Fsp3) is 0.375. The Morgan fingerprint density at radius 1 is 1.03 bits per heavy atom. The van der Waals surface area contributed by atoms with E-state index in [2.05, 4.69) is 34.6 Å². The first-order chi connectivity index (χ1) is 15.2. The van der Waals surface area contributed by atoms with E-state index in [1.54, 1.807) is 6.20 Å². The van der Waals surface area contributed by atoms with Crippen molar-refractivity contribution in [3.05, 3.63) is 76.8 Å². The number of nitrogens with zero attached hydrogens (tertiary/aromatic N) is 3. The first-order valence-electron chi connectivity index (χ1n) is 10.8. The Morgan fingerprint density at radius 2 is 1.84 bits per heavy atom. The maximum absolute atomic E-state index is 5.83. The smallest absolute Gasteiger partial charge is 0.213 e. The summed E-state index contributed by atoms with van der Waals surface area (Å²) in [5, 5.41) is 10.9. The standard InChI is InChI=1S/C24H31N5O2.HI/c1-4-21-20(22(5-2)31-29-21)16-28-24(25-6-3)27-15-19-12-13-26-23(14-19)30-17-18-10-8-7-9-11-18;/h7-14H,4-6,15-17H2,1-3H3,(H2,25,27,28);1H. The molecule has 2 aromatic heterocycles. The van der Waals surface area contributed by atoms with E-state index < -0.39 is 0 Å². The molecule has 0 unspecified atom stereocenters. The van der Waals surface area contributed by atoms with Gasteiger partial charge in [-0.1, -0.05) is 49.3 Å². The summed E-state index contributed by atoms with van der Waals surface area (Å²) in [6.45, 7) is 8.62. The van der Waals surface area contributed by atoms with Crippen LogP contribution in [0.4, 0.5) is 0 Å². The largest absolute Gasteiger partial charge is 0.473 e. The molecule has 2 heterocycles. The molecule has 7 nitrogen and oxygen atoms in total. The van der Waals surface area contributed by atoms with Crippen LogP contribution >= 0.6 is 24.0 Å². The van der Waals surface area contributed by atoms with Crippen molar-refractivity contribution < 1.29 is 9.26 Å². The number of nitrogens with one attached hydrogen (secondary N) is 2. The predicted molar refractivity (Wildman–Crippen MR) is 137 cm³/mol. The average molecular weight is 549 g/mol. The molecule has 0 fully saturated rings. The summed E-state index contributed by atoms with van der Waals surface area (Å²) in [4.78, 5) is 9.02. The van der Waals surface area contributed by atoms with Crippen molar-refractivity contribution in [2.75, 3.05) is 6.54 Å². The van der Waals surface area contributed by atoms with Gasteiger partial charge in [0.25, 0.3) is 0 Å². The number of pyridine rings is 1. The number of aliphatic imine (C=N–C) groups is 1. The Bertz CT molecular complexity index is 954. The van der Waals surface area contributed by atoms with Gasteiger partial charge in [0.15, 0.2) is 5.96 Å². The Hall–Kier alpha value is -2.62. The van der Waals surface area contributed by atoms with Crippen molar-refractivity contribution in [2.45, 2.75) is 53.3 Å². The van der Waals surface area contributed by atoms with Gasteiger partial charge in [-0.05, 0) is 30.5 Å². The molecule has 0 atom stereocenters. The van der Waals surface area contributed by atoms with E-state index in [0.717, 1.165) is 53.5 Å². The zero-order valence-corrected chi connectivity index (χ0v) is 21.3. The lowest BCUT2D eigenvalue weighted by atomic mass is 10.1. The highest BCUT2D eigenvalue weighted by atomic mass is 127. The van der Waals surface area contributed by atoms with Crippen LogP contribution in [-0.4, -0.2) is 22.6 Å². The van der Waals surface area contributed by atoms with Crippen molar-refractivity contribution in [2.24, 2.45) is 4.99 Å². The van der Waals surface area contributed by atoms with Crippen LogP contribution in [0.15, 0.2) is 58.2 Å². The predicted octanol–water partition coefficient (Wildman–Crippen LogP) is 4.65. The maximum Gasteiger partial charge on any atom is 0.213 e. The van der Waals surface area contributed by atoms with Gasteiger partial charge in [-0.2, -0.15) is 0 Å². The summed E-state index contributed by atoms with van der Waals surface area (Å²) >= 11 is 0. The molecule has 0 aliphatic heterocycles. The molecule has 2 N–H and O–H groups in total. The first kappa shape index (κ1) is 25.6. The zero-order valence-electron chi connectivity index (χ0n) is 18.9. The van der Waals surface area contributed by atoms with Crippen LogP contribution in [0.3, 0.4) is 0 Å². The molecule has 0 amide bonds. The maximum atomic E-state index is 5.83. The SMILES string of the molecule is CCNC(=NCc1ccnc(OCc2ccccc2)c1)NCc1c(CC)noc1CC.I. The molecular formula is C24H32IN5O2. The number of halogens is 1. The molecular weight excluding hydrogens is 517 g/mol. The van der Waals surface area contributed by atoms with Crippen LogP contribution in [0.25, 0.3) is 0 Å². The fourth-order valence-corrected chi connectivity index (χ4v) is 3.18. The lowest BCUT2D eigenvalue weighted by Gasteiger charge is -2.12. The van der Waals surface area contributed by atoms with Gasteiger partial charge in [0, 0.05) is 37.3 Å². The molecule has 0 aliphatic carbocycles. The van der Waals surface area contributed by atoms with Crippen molar-refractivity contribution >= 4 is 29.9 Å². The number of aryl methyl sites for hydroxylation is 2. The number of benzene rings is 1. The molecule has 32 heavy (non-hydrogen) atoms. The van der Waals surface area contributed by atoms with E-state index in [1.165, 1.54) is 0 Å². The van der Waals surface area contributed by atoms with Crippen LogP contribution in [-0.2, 0) is 32.5 Å². The molecule has 0 saturated carbocycles. The van der Waals surface area contributed by atoms with Crippen LogP contribution in [0.1, 0.15) is 48.9 Å². The highest BCUT2D eigenvalue weighted by Crippen LogP contribution is 2.16. The van der Waals surface area contributed by atoms with Gasteiger partial charge in [-0.15, -0.1) is 24.0 Å². The van der Waals surface area contributed by atoms with Crippen LogP contribution in [0.2, 0.25) is 0 Å². The number of aromatic nitrogens is 2. The topological polar surface area (TPSA) is 84.6 Å². The minimum atomic E-state index is 0. The highest BCUT2D eigenvalue weighted by Gasteiger charge is 2.13. The van der Waals surface area contributed by atoms with Crippen LogP contribution in [0.5, 0.6) is 5.88 Å². The number of hydrogen-bond acceptors (Lipinski definition) is 5. The van der Waals surface area contributed by atoms with Gasteiger partial charge in [0.2, 0.25) is 5.88 Å². The number of guanidine groups is 1. The molecule has 8 heteroatoms. The monoisotopic (exact) mass is 549 g/mol. The molecule has 0 radical (unpaired) electrons. The van der Waals surface area contributed by atoms with Crippen LogP contribution in [0, 0.1) is 0 Å². The van der Waals surface area contributed by atoms with Crippen molar-refractivity contribution in [3.63, 3.8) is 0 Å². The van der Waals surface area contributed by atoms with E-state index in [4.69, 9.17) is 14.3 Å². The molecule has 0 spiro atoms. The Balaban J connectivity index is 0.00000363. The van der Waals surface area contributed by atoms with E-state index >= 15 is 0 Å². The summed E-state index contributed by atoms with van der Waals surface area (Å²) in [6.07, 6.45) is 3.42. The molecule has 0 saturated heterocycles. The summed E-state index contributed by atoms with van der Waals surface area (Å²) in [5.74, 6) is 2.27. The summed E-state index contributed by atoms with van der Waals surface area (Å²) in [6, 6.07) is 13.9. The van der Waals surface area contributed by atoms with E-state index in [1.807, 2.05) is 49.4 Å². The van der Waals surface area contributed by atoms with Crippen molar-refractivity contribution in [3.8, 4) is 5.88 Å². The Kier molecular flexibility index (Phi) is 11.0. The third kappa shape index (κ3) is 7.51. The third-order valence-corrected chi connectivity index (χ3v) is 4.83. The molecule has 3 aromatic rings. The summed E-state index contributed by atoms with van der Waals surface area (Å²) < 4.78 is 11.3. The highest BCUT2D eigenvalue weighted by molar-refractivity contribution is 14.0. The van der Waals surface area contributed by atoms with E-state index in [-0.39, 0.29) is 24.0 Å². The zero-order chi connectivity index (χ0) is 21.9. The van der Waals surface area contributed by atoms with Crippen LogP contribution < -0.4 is 15.4 Å². The van der Waals surface area contributed by atoms with Crippen molar-refractivity contribution in [1.29, 1.82) is 0 Å². The number of rotatable bonds is 10. The van der Waals surface area contributed by atoms with Gasteiger partial charge in [0.1, 0.15) is 12.4 Å². The molecule has 172 valence electrons. The Labute approximate surface area is 207 Å². The molecule has 0 bridgehead atoms. The summed E-state index contributed by atoms with van der Waals surface area (Å²) in [7, 11) is 0. The lowest BCUT2D eigenvalue weighted by molar-refractivity contribution is 0.293. The lowest BCUT2D eigenvalue weighted by Crippen LogP contribution is -2.37. The number of ether oxygens (including phenoxy) is 1. The second-order valence-electron chi connectivity index (χ2n) is 7.06. The first-order valence-corrected chi connectivity index (χ1v) is 10.8. The molecule has 1 aromatic carbocycles. The van der Waals surface area contributed by atoms with Gasteiger partial charge in [-0.3, -0.25) is 0 Å². The molecule has 3 rings (SSSR count). The number of hydrogen-bond donors (Lipinski definition) is 2. The van der Waals surface area contributed by atoms with Gasteiger partial charge < -0.3 is 19.9 Å². The van der Waals surface area contributed by atoms with Crippen molar-refractivity contribution in [1.82, 2.24) is 20.8 Å². The fourth-order valence-electron chi connectivity index (χ4n) is 3.18. The average Bonchev–Trinajstić information content (AvgIpc) is 3.22. The van der Waals surface area contributed by atoms with E-state index in [0.29, 0.717) is 25.6 Å². The second kappa shape index (κ2) is 13.7. The van der Waals surface area contributed by atoms with Gasteiger partial charge in [0.05, 0.1) is 12.2 Å². The second-order valence-corrected chi connectivity index (χ2v) is 7.06. The normalized spacial score (nSPS) is 11.0. The Morgan fingerprint density at radius 3 is 2.56 bits per heavy atom. The van der Waals surface area contributed by atoms with Gasteiger partial charge >= 0.3 is 0 Å². The quantitative estimate of drug-likeness (QED) is 0.218. The molecule has 0 aliphatic rings. The minimum absolute atomic E-state index is 0.